The molecular formula is C12H18N2O2. The second-order valence-corrected chi connectivity index (χ2v) is 4.59. The van der Waals surface area contributed by atoms with E-state index in [2.05, 4.69) is 4.98 Å². The maximum atomic E-state index is 11.6. The summed E-state index contributed by atoms with van der Waals surface area (Å²) in [7, 11) is 0. The van der Waals surface area contributed by atoms with Crippen molar-refractivity contribution in [2.45, 2.75) is 32.8 Å². The van der Waals surface area contributed by atoms with Crippen LogP contribution in [0.3, 0.4) is 0 Å². The molecule has 2 N–H and O–H groups in total. The minimum atomic E-state index is -0.491. The molecule has 0 aliphatic rings. The van der Waals surface area contributed by atoms with Gasteiger partial charge in [0.05, 0.1) is 0 Å². The van der Waals surface area contributed by atoms with E-state index < -0.39 is 11.6 Å². The fourth-order valence-corrected chi connectivity index (χ4v) is 1.19. The second kappa shape index (κ2) is 5.07. The smallest absolute Gasteiger partial charge is 0.357 e. The maximum Gasteiger partial charge on any atom is 0.357 e. The van der Waals surface area contributed by atoms with Gasteiger partial charge in [-0.15, -0.1) is 0 Å². The van der Waals surface area contributed by atoms with Crippen LogP contribution in [0.15, 0.2) is 18.3 Å². The van der Waals surface area contributed by atoms with Crippen molar-refractivity contribution in [3.63, 3.8) is 0 Å². The predicted molar refractivity (Wildman–Crippen MR) is 62.2 cm³/mol. The lowest BCUT2D eigenvalue weighted by molar-refractivity contribution is 0.00628. The molecule has 0 unspecified atom stereocenters. The van der Waals surface area contributed by atoms with E-state index in [0.717, 1.165) is 12.0 Å². The van der Waals surface area contributed by atoms with Crippen LogP contribution in [0.5, 0.6) is 0 Å². The number of carbonyl (C=O) groups is 1. The maximum absolute atomic E-state index is 11.6. The molecule has 0 aromatic carbocycles. The highest BCUT2D eigenvalue weighted by Crippen LogP contribution is 2.11. The van der Waals surface area contributed by atoms with Crippen LogP contribution in [0.1, 0.15) is 36.8 Å². The van der Waals surface area contributed by atoms with Gasteiger partial charge in [0.25, 0.3) is 0 Å². The van der Waals surface area contributed by atoms with Crippen molar-refractivity contribution < 1.29 is 9.53 Å². The molecule has 0 aliphatic carbocycles. The Kier molecular flexibility index (Phi) is 4.01. The number of hydrogen-bond donors (Lipinski definition) is 1. The van der Waals surface area contributed by atoms with E-state index >= 15 is 0 Å². The Hall–Kier alpha value is -1.42. The number of carbonyl (C=O) groups excluding carboxylic acids is 1. The van der Waals surface area contributed by atoms with Gasteiger partial charge in [-0.05, 0) is 45.4 Å². The standard InChI is InChI=1S/C12H18N2O2/c1-12(2,3)16-11(15)10-5-4-9(6-7-13)8-14-10/h4-5,8H,6-7,13H2,1-3H3. The summed E-state index contributed by atoms with van der Waals surface area (Å²) in [6, 6.07) is 3.51. The van der Waals surface area contributed by atoms with Gasteiger partial charge in [0, 0.05) is 6.20 Å². The zero-order valence-electron chi connectivity index (χ0n) is 9.99. The molecule has 4 heteroatoms. The van der Waals surface area contributed by atoms with Crippen molar-refractivity contribution >= 4 is 5.97 Å². The molecular weight excluding hydrogens is 204 g/mol. The first-order valence-corrected chi connectivity index (χ1v) is 5.31. The van der Waals surface area contributed by atoms with E-state index in [-0.39, 0.29) is 0 Å². The minimum absolute atomic E-state index is 0.329. The van der Waals surface area contributed by atoms with Crippen LogP contribution in [0.2, 0.25) is 0 Å². The Bertz CT molecular complexity index is 352. The van der Waals surface area contributed by atoms with Crippen LogP contribution in [0.25, 0.3) is 0 Å². The summed E-state index contributed by atoms with van der Waals surface area (Å²) in [4.78, 5) is 15.7. The quantitative estimate of drug-likeness (QED) is 0.788. The normalized spacial score (nSPS) is 11.2. The van der Waals surface area contributed by atoms with E-state index in [4.69, 9.17) is 10.5 Å². The van der Waals surface area contributed by atoms with Crippen molar-refractivity contribution in [1.29, 1.82) is 0 Å². The van der Waals surface area contributed by atoms with Crippen molar-refractivity contribution in [3.8, 4) is 0 Å². The molecule has 1 aromatic rings. The first-order chi connectivity index (χ1) is 7.42. The Morgan fingerprint density at radius 1 is 1.44 bits per heavy atom. The van der Waals surface area contributed by atoms with E-state index in [0.29, 0.717) is 12.2 Å². The molecule has 0 amide bonds. The first kappa shape index (κ1) is 12.6. The molecule has 0 radical (unpaired) electrons. The van der Waals surface area contributed by atoms with Gasteiger partial charge in [0.15, 0.2) is 0 Å². The molecule has 0 atom stereocenters. The minimum Gasteiger partial charge on any atom is -0.455 e. The second-order valence-electron chi connectivity index (χ2n) is 4.59. The molecule has 1 aromatic heterocycles. The van der Waals surface area contributed by atoms with Crippen LogP contribution in [0, 0.1) is 0 Å². The van der Waals surface area contributed by atoms with Gasteiger partial charge in [-0.3, -0.25) is 0 Å². The first-order valence-electron chi connectivity index (χ1n) is 5.31. The van der Waals surface area contributed by atoms with Gasteiger partial charge in [0.2, 0.25) is 0 Å². The summed E-state index contributed by atoms with van der Waals surface area (Å²) < 4.78 is 5.20. The number of hydrogen-bond acceptors (Lipinski definition) is 4. The van der Waals surface area contributed by atoms with Crippen molar-refractivity contribution in [1.82, 2.24) is 4.98 Å². The Morgan fingerprint density at radius 3 is 2.56 bits per heavy atom. The summed E-state index contributed by atoms with van der Waals surface area (Å²) >= 11 is 0. The van der Waals surface area contributed by atoms with Gasteiger partial charge in [-0.1, -0.05) is 6.07 Å². The Labute approximate surface area is 95.8 Å². The number of aromatic nitrogens is 1. The third-order valence-electron chi connectivity index (χ3n) is 1.87. The number of esters is 1. The van der Waals surface area contributed by atoms with Crippen molar-refractivity contribution in [2.75, 3.05) is 6.54 Å². The molecule has 0 saturated carbocycles. The van der Waals surface area contributed by atoms with E-state index in [1.165, 1.54) is 0 Å². The number of rotatable bonds is 3. The zero-order chi connectivity index (χ0) is 12.2. The van der Waals surface area contributed by atoms with Gasteiger partial charge >= 0.3 is 5.97 Å². The van der Waals surface area contributed by atoms with Crippen molar-refractivity contribution in [2.24, 2.45) is 5.73 Å². The predicted octanol–water partition coefficient (Wildman–Crippen LogP) is 1.54. The fraction of sp³-hybridized carbons (Fsp3) is 0.500. The summed E-state index contributed by atoms with van der Waals surface area (Å²) in [5, 5.41) is 0. The van der Waals surface area contributed by atoms with Gasteiger partial charge in [0.1, 0.15) is 11.3 Å². The molecule has 0 fully saturated rings. The topological polar surface area (TPSA) is 65.2 Å². The number of nitrogens with zero attached hydrogens (tertiary/aromatic N) is 1. The molecule has 0 saturated heterocycles. The lowest BCUT2D eigenvalue weighted by Crippen LogP contribution is -2.24. The Balaban J connectivity index is 2.70. The SMILES string of the molecule is CC(C)(C)OC(=O)c1ccc(CCN)cn1. The molecule has 1 rings (SSSR count). The Morgan fingerprint density at radius 2 is 2.12 bits per heavy atom. The molecule has 16 heavy (non-hydrogen) atoms. The highest BCUT2D eigenvalue weighted by atomic mass is 16.6. The lowest BCUT2D eigenvalue weighted by atomic mass is 10.2. The highest BCUT2D eigenvalue weighted by Gasteiger charge is 2.18. The third-order valence-corrected chi connectivity index (χ3v) is 1.87. The average Bonchev–Trinajstić information content (AvgIpc) is 2.16. The van der Waals surface area contributed by atoms with E-state index in [9.17, 15) is 4.79 Å². The zero-order valence-corrected chi connectivity index (χ0v) is 9.99. The summed E-state index contributed by atoms with van der Waals surface area (Å²) in [6.45, 7) is 6.06. The third kappa shape index (κ3) is 3.98. The van der Waals surface area contributed by atoms with E-state index in [1.54, 1.807) is 12.3 Å². The molecule has 0 spiro atoms. The monoisotopic (exact) mass is 222 g/mol. The highest BCUT2D eigenvalue weighted by molar-refractivity contribution is 5.87. The van der Waals surface area contributed by atoms with Gasteiger partial charge in [-0.2, -0.15) is 0 Å². The van der Waals surface area contributed by atoms with E-state index in [1.807, 2.05) is 26.8 Å². The molecule has 1 heterocycles. The van der Waals surface area contributed by atoms with Crippen LogP contribution in [0.4, 0.5) is 0 Å². The molecule has 88 valence electrons. The van der Waals surface area contributed by atoms with Crippen LogP contribution >= 0.6 is 0 Å². The number of pyridine rings is 1. The van der Waals surface area contributed by atoms with Gasteiger partial charge < -0.3 is 10.5 Å². The van der Waals surface area contributed by atoms with Gasteiger partial charge in [-0.25, -0.2) is 9.78 Å². The number of ether oxygens (including phenoxy) is 1. The lowest BCUT2D eigenvalue weighted by Gasteiger charge is -2.19. The average molecular weight is 222 g/mol. The summed E-state index contributed by atoms with van der Waals surface area (Å²) in [5.41, 5.74) is 6.28. The van der Waals surface area contributed by atoms with Crippen LogP contribution < -0.4 is 5.73 Å². The summed E-state index contributed by atoms with van der Waals surface area (Å²) in [5.74, 6) is -0.396. The number of nitrogens with two attached hydrogens (primary N) is 1. The van der Waals surface area contributed by atoms with Crippen LogP contribution in [-0.2, 0) is 11.2 Å². The largest absolute Gasteiger partial charge is 0.455 e. The molecule has 0 bridgehead atoms. The van der Waals surface area contributed by atoms with Crippen LogP contribution in [-0.4, -0.2) is 23.1 Å². The molecule has 4 nitrogen and oxygen atoms in total. The van der Waals surface area contributed by atoms with Crippen molar-refractivity contribution in [3.05, 3.63) is 29.6 Å². The summed E-state index contributed by atoms with van der Waals surface area (Å²) in [6.07, 6.45) is 2.42. The fourth-order valence-electron chi connectivity index (χ4n) is 1.19. The molecule has 0 aliphatic heterocycles.